The third kappa shape index (κ3) is 1.92. The Labute approximate surface area is 179 Å². The molecule has 0 aliphatic rings. The zero-order chi connectivity index (χ0) is 20.9. The molecule has 4 aromatic carbocycles. The maximum absolute atomic E-state index is 2.45. The summed E-state index contributed by atoms with van der Waals surface area (Å²) in [5.41, 5.74) is 8.94. The third-order valence-electron chi connectivity index (χ3n) is 7.08. The Morgan fingerprint density at radius 2 is 1.35 bits per heavy atom. The van der Waals surface area contributed by atoms with Crippen molar-refractivity contribution in [1.82, 2.24) is 8.97 Å². The van der Waals surface area contributed by atoms with E-state index >= 15 is 0 Å². The lowest BCUT2D eigenvalue weighted by Crippen LogP contribution is -2.31. The smallest absolute Gasteiger partial charge is 0.259 e. The van der Waals surface area contributed by atoms with Gasteiger partial charge in [-0.2, -0.15) is 4.57 Å². The molecular weight excluding hydrogens is 378 g/mol. The van der Waals surface area contributed by atoms with E-state index in [0.717, 1.165) is 0 Å². The number of para-hydroxylation sites is 3. The molecule has 148 valence electrons. The molecule has 0 atom stereocenters. The normalized spacial score (nSPS) is 12.4. The summed E-state index contributed by atoms with van der Waals surface area (Å²) in [5, 5.41) is 5.31. The van der Waals surface area contributed by atoms with Gasteiger partial charge < -0.3 is 4.40 Å². The first-order chi connectivity index (χ1) is 15.2. The molecule has 3 aromatic heterocycles. The molecule has 0 fully saturated rings. The first-order valence-electron chi connectivity index (χ1n) is 10.8. The fraction of sp³-hybridized carbons (Fsp3) is 0.107. The summed E-state index contributed by atoms with van der Waals surface area (Å²) >= 11 is 0. The molecule has 0 aliphatic heterocycles. The Morgan fingerprint density at radius 3 is 2.23 bits per heavy atom. The van der Waals surface area contributed by atoms with Crippen LogP contribution in [0.4, 0.5) is 0 Å². The van der Waals surface area contributed by atoms with E-state index in [1.807, 2.05) is 0 Å². The minimum atomic E-state index is 1.23. The molecule has 0 bridgehead atoms. The summed E-state index contributed by atoms with van der Waals surface area (Å²) in [6, 6.07) is 28.7. The number of rotatable bonds is 1. The predicted molar refractivity (Wildman–Crippen MR) is 129 cm³/mol. The van der Waals surface area contributed by atoms with E-state index < -0.39 is 0 Å². The van der Waals surface area contributed by atoms with Gasteiger partial charge in [0, 0.05) is 23.1 Å². The van der Waals surface area contributed by atoms with Crippen molar-refractivity contribution in [3.63, 3.8) is 0 Å². The minimum Gasteiger partial charge on any atom is -0.308 e. The van der Waals surface area contributed by atoms with E-state index in [0.29, 0.717) is 0 Å². The van der Waals surface area contributed by atoms with Crippen molar-refractivity contribution in [2.45, 2.75) is 13.8 Å². The number of nitrogens with zero attached hydrogens (tertiary/aromatic N) is 3. The molecule has 3 nitrogen and oxygen atoms in total. The second kappa shape index (κ2) is 5.64. The number of benzene rings is 4. The fourth-order valence-corrected chi connectivity index (χ4v) is 5.62. The van der Waals surface area contributed by atoms with Gasteiger partial charge in [-0.25, -0.2) is 4.57 Å². The summed E-state index contributed by atoms with van der Waals surface area (Å²) < 4.78 is 7.21. The summed E-state index contributed by atoms with van der Waals surface area (Å²) in [4.78, 5) is 0. The van der Waals surface area contributed by atoms with Crippen LogP contribution in [0.2, 0.25) is 0 Å². The molecular formula is C28H22N3+. The number of hydrogen-bond donors (Lipinski definition) is 0. The van der Waals surface area contributed by atoms with Gasteiger partial charge in [0.2, 0.25) is 0 Å². The highest BCUT2D eigenvalue weighted by Gasteiger charge is 2.27. The highest BCUT2D eigenvalue weighted by Crippen LogP contribution is 2.41. The van der Waals surface area contributed by atoms with E-state index in [1.54, 1.807) is 0 Å². The van der Waals surface area contributed by atoms with Crippen molar-refractivity contribution in [2.75, 3.05) is 0 Å². The number of imidazole rings is 1. The van der Waals surface area contributed by atoms with Gasteiger partial charge in [0.1, 0.15) is 5.69 Å². The molecule has 0 saturated carbocycles. The quantitative estimate of drug-likeness (QED) is 0.290. The Morgan fingerprint density at radius 1 is 0.645 bits per heavy atom. The van der Waals surface area contributed by atoms with Crippen molar-refractivity contribution >= 4 is 49.1 Å². The van der Waals surface area contributed by atoms with Gasteiger partial charge in [-0.05, 0) is 36.8 Å². The molecule has 7 rings (SSSR count). The highest BCUT2D eigenvalue weighted by molar-refractivity contribution is 6.27. The van der Waals surface area contributed by atoms with Gasteiger partial charge in [-0.1, -0.05) is 54.6 Å². The van der Waals surface area contributed by atoms with E-state index in [4.69, 9.17) is 0 Å². The molecule has 0 saturated heterocycles. The van der Waals surface area contributed by atoms with Crippen LogP contribution in [0.3, 0.4) is 0 Å². The highest BCUT2D eigenvalue weighted by atomic mass is 15.2. The van der Waals surface area contributed by atoms with Crippen molar-refractivity contribution < 1.29 is 4.57 Å². The van der Waals surface area contributed by atoms with Gasteiger partial charge in [0.05, 0.1) is 29.0 Å². The van der Waals surface area contributed by atoms with Crippen LogP contribution in [0.1, 0.15) is 11.4 Å². The van der Waals surface area contributed by atoms with Crippen molar-refractivity contribution in [3.05, 3.63) is 90.3 Å². The largest absolute Gasteiger partial charge is 0.308 e. The number of aryl methyl sites for hydroxylation is 2. The lowest BCUT2D eigenvalue weighted by molar-refractivity contribution is -0.651. The molecule has 0 spiro atoms. The number of fused-ring (bicyclic) bond motifs is 8. The van der Waals surface area contributed by atoms with Crippen LogP contribution >= 0.6 is 0 Å². The van der Waals surface area contributed by atoms with E-state index in [-0.39, 0.29) is 0 Å². The SMILES string of the molecule is Cc1ccccc1-n1c(C)[n+](C)c2c3c4cccc5c6ccccc6n(c3ccc21)c54. The van der Waals surface area contributed by atoms with Crippen LogP contribution < -0.4 is 4.57 Å². The van der Waals surface area contributed by atoms with Gasteiger partial charge in [0.25, 0.3) is 5.82 Å². The molecule has 0 N–H and O–H groups in total. The predicted octanol–water partition coefficient (Wildman–Crippen LogP) is 6.22. The fourth-order valence-electron chi connectivity index (χ4n) is 5.62. The average Bonchev–Trinajstić information content (AvgIpc) is 3.40. The van der Waals surface area contributed by atoms with Crippen molar-refractivity contribution in [3.8, 4) is 5.69 Å². The number of hydrogen-bond acceptors (Lipinski definition) is 0. The summed E-state index contributed by atoms with van der Waals surface area (Å²) in [5.74, 6) is 1.23. The van der Waals surface area contributed by atoms with Gasteiger partial charge >= 0.3 is 0 Å². The van der Waals surface area contributed by atoms with Crippen LogP contribution in [0, 0.1) is 13.8 Å². The van der Waals surface area contributed by atoms with E-state index in [9.17, 15) is 0 Å². The zero-order valence-electron chi connectivity index (χ0n) is 17.8. The molecule has 0 amide bonds. The van der Waals surface area contributed by atoms with Crippen molar-refractivity contribution in [2.24, 2.45) is 7.05 Å². The second-order valence-corrected chi connectivity index (χ2v) is 8.61. The van der Waals surface area contributed by atoms with Crippen molar-refractivity contribution in [1.29, 1.82) is 0 Å². The van der Waals surface area contributed by atoms with Crippen LogP contribution in [-0.2, 0) is 7.05 Å². The molecule has 7 aromatic rings. The van der Waals surface area contributed by atoms with E-state index in [2.05, 4.69) is 113 Å². The monoisotopic (exact) mass is 400 g/mol. The molecule has 0 radical (unpaired) electrons. The molecule has 3 heteroatoms. The standard InChI is InChI=1S/C28H22N3/c1-17-9-4-6-13-22(17)30-18(2)29(3)28-25(30)16-15-24-26(28)21-12-8-11-20-19-10-5-7-14-23(19)31(24)27(20)21/h4-16H,1-3H3/q+1. The lowest BCUT2D eigenvalue weighted by Gasteiger charge is -2.03. The Balaban J connectivity index is 1.76. The summed E-state index contributed by atoms with van der Waals surface area (Å²) in [7, 11) is 2.19. The Kier molecular flexibility index (Phi) is 3.07. The maximum atomic E-state index is 2.45. The topological polar surface area (TPSA) is 13.2 Å². The second-order valence-electron chi connectivity index (χ2n) is 8.61. The van der Waals surface area contributed by atoms with Crippen LogP contribution in [0.25, 0.3) is 54.8 Å². The number of aromatic nitrogens is 3. The average molecular weight is 401 g/mol. The van der Waals surface area contributed by atoms with E-state index in [1.165, 1.54) is 66.2 Å². The summed E-state index contributed by atoms with van der Waals surface area (Å²) in [6.07, 6.45) is 0. The lowest BCUT2D eigenvalue weighted by atomic mass is 10.1. The molecule has 31 heavy (non-hydrogen) atoms. The van der Waals surface area contributed by atoms with Gasteiger partial charge in [-0.15, -0.1) is 0 Å². The minimum absolute atomic E-state index is 1.23. The molecule has 0 unspecified atom stereocenters. The molecule has 3 heterocycles. The van der Waals surface area contributed by atoms with Crippen LogP contribution in [0.15, 0.2) is 78.9 Å². The Bertz CT molecular complexity index is 1810. The van der Waals surface area contributed by atoms with Gasteiger partial charge in [0.15, 0.2) is 11.0 Å². The molecule has 0 aliphatic carbocycles. The third-order valence-corrected chi connectivity index (χ3v) is 7.08. The first kappa shape index (κ1) is 16.9. The van der Waals surface area contributed by atoms with Gasteiger partial charge in [-0.3, -0.25) is 0 Å². The Hall–Kier alpha value is -3.85. The maximum Gasteiger partial charge on any atom is 0.259 e. The van der Waals surface area contributed by atoms with Crippen LogP contribution in [-0.4, -0.2) is 8.97 Å². The zero-order valence-corrected chi connectivity index (χ0v) is 17.8. The van der Waals surface area contributed by atoms with Crippen LogP contribution in [0.5, 0.6) is 0 Å². The summed E-state index contributed by atoms with van der Waals surface area (Å²) in [6.45, 7) is 4.40. The first-order valence-corrected chi connectivity index (χ1v) is 10.8.